The summed E-state index contributed by atoms with van der Waals surface area (Å²) >= 11 is 0. The van der Waals surface area contributed by atoms with E-state index in [4.69, 9.17) is 14.2 Å². The van der Waals surface area contributed by atoms with E-state index in [1.165, 1.54) is 21.3 Å². The van der Waals surface area contributed by atoms with E-state index in [1.807, 2.05) is 32.9 Å². The quantitative estimate of drug-likeness (QED) is 0.488. The Morgan fingerprint density at radius 2 is 1.62 bits per heavy atom. The number of nitrogens with zero attached hydrogens (tertiary/aromatic N) is 4. The van der Waals surface area contributed by atoms with Crippen LogP contribution in [-0.2, 0) is 0 Å². The minimum atomic E-state index is -0.256. The van der Waals surface area contributed by atoms with Crippen LogP contribution in [0.5, 0.6) is 17.2 Å². The molecule has 10 nitrogen and oxygen atoms in total. The standard InChI is InChI=1S/C22H28N6O4/c1-13-9-14(2)28(27-13)20-12-19(25-15(3)26-20)23-7-8-24-22(29)16-10-17(30-4)21(32-6)18(11-16)31-5/h9-12H,7-8H2,1-6H3,(H,24,29)(H,23,25,26). The first-order valence-electron chi connectivity index (χ1n) is 10.1. The van der Waals surface area contributed by atoms with Crippen molar-refractivity contribution in [3.8, 4) is 23.1 Å². The van der Waals surface area contributed by atoms with Gasteiger partial charge < -0.3 is 24.8 Å². The van der Waals surface area contributed by atoms with E-state index in [-0.39, 0.29) is 5.91 Å². The normalized spacial score (nSPS) is 10.6. The number of carbonyl (C=O) groups is 1. The zero-order valence-corrected chi connectivity index (χ0v) is 19.1. The van der Waals surface area contributed by atoms with Crippen molar-refractivity contribution in [1.82, 2.24) is 25.1 Å². The fourth-order valence-corrected chi connectivity index (χ4v) is 3.29. The number of amides is 1. The third kappa shape index (κ3) is 5.08. The lowest BCUT2D eigenvalue weighted by molar-refractivity contribution is 0.0954. The van der Waals surface area contributed by atoms with Gasteiger partial charge in [-0.15, -0.1) is 0 Å². The van der Waals surface area contributed by atoms with Crippen LogP contribution in [-0.4, -0.2) is 60.1 Å². The van der Waals surface area contributed by atoms with E-state index in [9.17, 15) is 4.79 Å². The number of hydrogen-bond acceptors (Lipinski definition) is 8. The molecular weight excluding hydrogens is 412 g/mol. The van der Waals surface area contributed by atoms with Crippen molar-refractivity contribution in [2.75, 3.05) is 39.7 Å². The molecule has 170 valence electrons. The zero-order valence-electron chi connectivity index (χ0n) is 19.1. The number of ether oxygens (including phenoxy) is 3. The van der Waals surface area contributed by atoms with Gasteiger partial charge >= 0.3 is 0 Å². The van der Waals surface area contributed by atoms with Gasteiger partial charge in [0.1, 0.15) is 11.6 Å². The first kappa shape index (κ1) is 22.9. The molecular formula is C22H28N6O4. The first-order valence-corrected chi connectivity index (χ1v) is 10.1. The lowest BCUT2D eigenvalue weighted by atomic mass is 10.1. The highest BCUT2D eigenvalue weighted by Crippen LogP contribution is 2.38. The van der Waals surface area contributed by atoms with Crippen LogP contribution in [0.25, 0.3) is 5.82 Å². The lowest BCUT2D eigenvalue weighted by Gasteiger charge is -2.14. The van der Waals surface area contributed by atoms with Gasteiger partial charge in [0.15, 0.2) is 17.3 Å². The average Bonchev–Trinajstić information content (AvgIpc) is 3.12. The number of hydrogen-bond donors (Lipinski definition) is 2. The summed E-state index contributed by atoms with van der Waals surface area (Å²) in [6.45, 7) is 6.60. The van der Waals surface area contributed by atoms with Crippen LogP contribution in [0.2, 0.25) is 0 Å². The molecule has 2 aromatic heterocycles. The first-order chi connectivity index (χ1) is 15.4. The van der Waals surface area contributed by atoms with Crippen molar-refractivity contribution >= 4 is 11.7 Å². The molecule has 1 amide bonds. The van der Waals surface area contributed by atoms with E-state index in [0.29, 0.717) is 53.4 Å². The van der Waals surface area contributed by atoms with Crippen LogP contribution in [0.1, 0.15) is 27.6 Å². The molecule has 0 atom stereocenters. The number of aryl methyl sites for hydroxylation is 3. The van der Waals surface area contributed by atoms with Gasteiger partial charge in [0.2, 0.25) is 5.75 Å². The maximum absolute atomic E-state index is 12.6. The van der Waals surface area contributed by atoms with E-state index in [1.54, 1.807) is 16.8 Å². The van der Waals surface area contributed by atoms with Crippen molar-refractivity contribution in [3.63, 3.8) is 0 Å². The maximum Gasteiger partial charge on any atom is 0.251 e. The largest absolute Gasteiger partial charge is 0.493 e. The fourth-order valence-electron chi connectivity index (χ4n) is 3.29. The van der Waals surface area contributed by atoms with Crippen LogP contribution in [0, 0.1) is 20.8 Å². The monoisotopic (exact) mass is 440 g/mol. The maximum atomic E-state index is 12.6. The van der Waals surface area contributed by atoms with Crippen molar-refractivity contribution in [3.05, 3.63) is 47.0 Å². The summed E-state index contributed by atoms with van der Waals surface area (Å²) in [5.41, 5.74) is 2.32. The fraction of sp³-hybridized carbons (Fsp3) is 0.364. The predicted molar refractivity (Wildman–Crippen MR) is 120 cm³/mol. The molecule has 0 radical (unpaired) electrons. The Bertz CT molecular complexity index is 1090. The molecule has 2 N–H and O–H groups in total. The SMILES string of the molecule is COc1cc(C(=O)NCCNc2cc(-n3nc(C)cc3C)nc(C)n2)cc(OC)c1OC. The second-order valence-electron chi connectivity index (χ2n) is 7.09. The van der Waals surface area contributed by atoms with Crippen LogP contribution < -0.4 is 24.8 Å². The average molecular weight is 441 g/mol. The molecule has 0 aliphatic heterocycles. The van der Waals surface area contributed by atoms with Gasteiger partial charge in [-0.3, -0.25) is 4.79 Å². The summed E-state index contributed by atoms with van der Waals surface area (Å²) in [6.07, 6.45) is 0. The molecule has 0 saturated heterocycles. The van der Waals surface area contributed by atoms with Gasteiger partial charge in [0.05, 0.1) is 27.0 Å². The number of anilines is 1. The molecule has 2 heterocycles. The highest BCUT2D eigenvalue weighted by molar-refractivity contribution is 5.95. The molecule has 0 spiro atoms. The second-order valence-corrected chi connectivity index (χ2v) is 7.09. The van der Waals surface area contributed by atoms with Crippen LogP contribution in [0.15, 0.2) is 24.3 Å². The number of methoxy groups -OCH3 is 3. The molecule has 1 aromatic carbocycles. The minimum absolute atomic E-state index is 0.256. The Kier molecular flexibility index (Phi) is 7.14. The smallest absolute Gasteiger partial charge is 0.251 e. The van der Waals surface area contributed by atoms with E-state index < -0.39 is 0 Å². The Balaban J connectivity index is 1.63. The zero-order chi connectivity index (χ0) is 23.3. The topological polar surface area (TPSA) is 112 Å². The van der Waals surface area contributed by atoms with Gasteiger partial charge in [0.25, 0.3) is 5.91 Å². The Labute approximate surface area is 186 Å². The van der Waals surface area contributed by atoms with Crippen LogP contribution in [0.4, 0.5) is 5.82 Å². The number of carbonyl (C=O) groups excluding carboxylic acids is 1. The van der Waals surface area contributed by atoms with E-state index in [0.717, 1.165) is 11.4 Å². The van der Waals surface area contributed by atoms with E-state index >= 15 is 0 Å². The molecule has 0 aliphatic rings. The molecule has 3 rings (SSSR count). The molecule has 0 saturated carbocycles. The summed E-state index contributed by atoms with van der Waals surface area (Å²) in [6, 6.07) is 7.04. The van der Waals surface area contributed by atoms with Crippen LogP contribution >= 0.6 is 0 Å². The van der Waals surface area contributed by atoms with E-state index in [2.05, 4.69) is 25.7 Å². The Morgan fingerprint density at radius 3 is 2.19 bits per heavy atom. The lowest BCUT2D eigenvalue weighted by Crippen LogP contribution is -2.29. The third-order valence-electron chi connectivity index (χ3n) is 4.69. The molecule has 0 bridgehead atoms. The molecule has 0 fully saturated rings. The van der Waals surface area contributed by atoms with Gasteiger partial charge in [-0.2, -0.15) is 5.10 Å². The van der Waals surface area contributed by atoms with Gasteiger partial charge in [0, 0.05) is 30.4 Å². The van der Waals surface area contributed by atoms with Crippen molar-refractivity contribution in [2.24, 2.45) is 0 Å². The van der Waals surface area contributed by atoms with Crippen molar-refractivity contribution in [1.29, 1.82) is 0 Å². The van der Waals surface area contributed by atoms with Gasteiger partial charge in [-0.25, -0.2) is 14.6 Å². The van der Waals surface area contributed by atoms with Gasteiger partial charge in [-0.05, 0) is 39.0 Å². The molecule has 10 heteroatoms. The highest BCUT2D eigenvalue weighted by Gasteiger charge is 2.17. The summed E-state index contributed by atoms with van der Waals surface area (Å²) in [4.78, 5) is 21.5. The van der Waals surface area contributed by atoms with Crippen molar-refractivity contribution in [2.45, 2.75) is 20.8 Å². The molecule has 0 aliphatic carbocycles. The van der Waals surface area contributed by atoms with Gasteiger partial charge in [-0.1, -0.05) is 0 Å². The molecule has 0 unspecified atom stereocenters. The summed E-state index contributed by atoms with van der Waals surface area (Å²) < 4.78 is 17.7. The molecule has 32 heavy (non-hydrogen) atoms. The van der Waals surface area contributed by atoms with Crippen molar-refractivity contribution < 1.29 is 19.0 Å². The number of nitrogens with one attached hydrogen (secondary N) is 2. The number of rotatable bonds is 9. The number of benzene rings is 1. The minimum Gasteiger partial charge on any atom is -0.493 e. The summed E-state index contributed by atoms with van der Waals surface area (Å²) in [7, 11) is 4.53. The number of aromatic nitrogens is 4. The third-order valence-corrected chi connectivity index (χ3v) is 4.69. The Morgan fingerprint density at radius 1 is 0.938 bits per heavy atom. The summed E-state index contributed by atoms with van der Waals surface area (Å²) in [5, 5.41) is 10.6. The predicted octanol–water partition coefficient (Wildman–Crippen LogP) is 2.46. The Hall–Kier alpha value is -3.82. The highest BCUT2D eigenvalue weighted by atomic mass is 16.5. The van der Waals surface area contributed by atoms with Crippen LogP contribution in [0.3, 0.4) is 0 Å². The second kappa shape index (κ2) is 9.99. The molecule has 3 aromatic rings. The summed E-state index contributed by atoms with van der Waals surface area (Å²) in [5.74, 6) is 2.98.